The minimum Gasteiger partial charge on any atom is -0.358 e. The van der Waals surface area contributed by atoms with Gasteiger partial charge in [0.25, 0.3) is 5.91 Å². The number of likely N-dealkylation sites (tertiary alicyclic amines) is 1. The number of hydrogen-bond acceptors (Lipinski definition) is 2. The third kappa shape index (κ3) is 3.73. The maximum Gasteiger partial charge on any atom is 0.253 e. The lowest BCUT2D eigenvalue weighted by Crippen LogP contribution is -2.40. The maximum absolute atomic E-state index is 12.7. The Bertz CT molecular complexity index is 855. The van der Waals surface area contributed by atoms with Crippen LogP contribution in [0.25, 0.3) is 10.9 Å². The Labute approximate surface area is 160 Å². The number of piperidine rings is 1. The molecule has 0 bridgehead atoms. The molecule has 2 aromatic rings. The molecule has 1 aliphatic carbocycles. The van der Waals surface area contributed by atoms with Crippen molar-refractivity contribution in [3.05, 3.63) is 35.0 Å². The minimum absolute atomic E-state index is 0.0981. The topological polar surface area (TPSA) is 65.2 Å². The maximum atomic E-state index is 12.7. The van der Waals surface area contributed by atoms with E-state index in [9.17, 15) is 9.59 Å². The molecule has 5 heteroatoms. The van der Waals surface area contributed by atoms with Crippen LogP contribution in [-0.2, 0) is 17.6 Å². The molecule has 1 saturated heterocycles. The van der Waals surface area contributed by atoms with Crippen LogP contribution in [0.2, 0.25) is 0 Å². The van der Waals surface area contributed by atoms with E-state index >= 15 is 0 Å². The number of hydrogen-bond donors (Lipinski definition) is 2. The molecule has 2 amide bonds. The molecule has 0 radical (unpaired) electrons. The average molecular weight is 367 g/mol. The largest absolute Gasteiger partial charge is 0.358 e. The van der Waals surface area contributed by atoms with Crippen molar-refractivity contribution < 1.29 is 9.59 Å². The average Bonchev–Trinajstić information content (AvgIpc) is 3.06. The van der Waals surface area contributed by atoms with Gasteiger partial charge in [0.1, 0.15) is 0 Å². The molecule has 4 rings (SSSR count). The highest BCUT2D eigenvalue weighted by Crippen LogP contribution is 2.30. The molecule has 1 fully saturated rings. The highest BCUT2D eigenvalue weighted by Gasteiger charge is 2.22. The number of aryl methyl sites for hydroxylation is 2. The second kappa shape index (κ2) is 7.75. The van der Waals surface area contributed by atoms with E-state index in [1.807, 2.05) is 17.0 Å². The van der Waals surface area contributed by atoms with Gasteiger partial charge in [0.2, 0.25) is 5.91 Å². The Morgan fingerprint density at radius 1 is 1.22 bits per heavy atom. The zero-order valence-corrected chi connectivity index (χ0v) is 16.1. The number of carbonyl (C=O) groups excluding carboxylic acids is 2. The lowest BCUT2D eigenvalue weighted by Gasteiger charge is -2.31. The summed E-state index contributed by atoms with van der Waals surface area (Å²) in [5.74, 6) is 0.628. The predicted molar refractivity (Wildman–Crippen MR) is 107 cm³/mol. The standard InChI is InChI=1S/C22H29N3O2/c1-15-6-5-13-25(14-15)20(26)11-12-23-22(27)18-9-4-8-17-16-7-2-3-10-19(16)24-21(17)18/h4,8-9,15,24H,2-3,5-7,10-14H2,1H3,(H,23,27). The number of nitrogens with zero attached hydrogens (tertiary/aromatic N) is 1. The first-order chi connectivity index (χ1) is 13.1. The quantitative estimate of drug-likeness (QED) is 0.869. The molecule has 1 atom stereocenters. The molecule has 0 saturated carbocycles. The number of rotatable bonds is 4. The number of nitrogens with one attached hydrogen (secondary N) is 2. The Hall–Kier alpha value is -2.30. The summed E-state index contributed by atoms with van der Waals surface area (Å²) < 4.78 is 0. The molecular weight excluding hydrogens is 338 g/mol. The van der Waals surface area contributed by atoms with Gasteiger partial charge in [0.05, 0.1) is 11.1 Å². The second-order valence-electron chi connectivity index (χ2n) is 8.11. The van der Waals surface area contributed by atoms with Gasteiger partial charge in [-0.05, 0) is 56.1 Å². The minimum atomic E-state index is -0.0981. The van der Waals surface area contributed by atoms with Gasteiger partial charge in [-0.2, -0.15) is 0 Å². The summed E-state index contributed by atoms with van der Waals surface area (Å²) >= 11 is 0. The number of aromatic amines is 1. The van der Waals surface area contributed by atoms with Gasteiger partial charge in [0.15, 0.2) is 0 Å². The molecule has 1 unspecified atom stereocenters. The van der Waals surface area contributed by atoms with Crippen LogP contribution in [0, 0.1) is 5.92 Å². The Morgan fingerprint density at radius 3 is 2.93 bits per heavy atom. The molecule has 144 valence electrons. The third-order valence-corrected chi connectivity index (χ3v) is 6.01. The van der Waals surface area contributed by atoms with E-state index in [4.69, 9.17) is 0 Å². The van der Waals surface area contributed by atoms with E-state index in [1.165, 1.54) is 35.9 Å². The van der Waals surface area contributed by atoms with E-state index < -0.39 is 0 Å². The molecule has 5 nitrogen and oxygen atoms in total. The molecule has 2 heterocycles. The van der Waals surface area contributed by atoms with Gasteiger partial charge >= 0.3 is 0 Å². The van der Waals surface area contributed by atoms with Crippen LogP contribution in [-0.4, -0.2) is 41.3 Å². The summed E-state index contributed by atoms with van der Waals surface area (Å²) in [5.41, 5.74) is 4.28. The van der Waals surface area contributed by atoms with E-state index in [0.29, 0.717) is 24.4 Å². The van der Waals surface area contributed by atoms with Crippen LogP contribution in [0.15, 0.2) is 18.2 Å². The van der Waals surface area contributed by atoms with E-state index in [0.717, 1.165) is 37.9 Å². The molecule has 2 aliphatic rings. The highest BCUT2D eigenvalue weighted by molar-refractivity contribution is 6.06. The van der Waals surface area contributed by atoms with E-state index in [-0.39, 0.29) is 11.8 Å². The lowest BCUT2D eigenvalue weighted by molar-refractivity contribution is -0.132. The van der Waals surface area contributed by atoms with E-state index in [1.54, 1.807) is 0 Å². The fraction of sp³-hybridized carbons (Fsp3) is 0.545. The van der Waals surface area contributed by atoms with Gasteiger partial charge in [-0.15, -0.1) is 0 Å². The van der Waals surface area contributed by atoms with Crippen molar-refractivity contribution in [1.29, 1.82) is 0 Å². The van der Waals surface area contributed by atoms with Crippen LogP contribution in [0.4, 0.5) is 0 Å². The van der Waals surface area contributed by atoms with Crippen molar-refractivity contribution in [2.45, 2.75) is 51.9 Å². The normalized spacial score (nSPS) is 19.7. The Balaban J connectivity index is 1.40. The zero-order valence-electron chi connectivity index (χ0n) is 16.1. The number of H-pyrrole nitrogens is 1. The fourth-order valence-corrected chi connectivity index (χ4v) is 4.57. The van der Waals surface area contributed by atoms with Crippen LogP contribution in [0.5, 0.6) is 0 Å². The monoisotopic (exact) mass is 367 g/mol. The number of aromatic nitrogens is 1. The summed E-state index contributed by atoms with van der Waals surface area (Å²) in [6, 6.07) is 5.93. The summed E-state index contributed by atoms with van der Waals surface area (Å²) in [6.07, 6.45) is 7.22. The number of amides is 2. The summed E-state index contributed by atoms with van der Waals surface area (Å²) in [7, 11) is 0. The number of para-hydroxylation sites is 1. The molecule has 0 spiro atoms. The molecule has 1 aromatic heterocycles. The highest BCUT2D eigenvalue weighted by atomic mass is 16.2. The van der Waals surface area contributed by atoms with Crippen LogP contribution in [0.1, 0.15) is 60.6 Å². The van der Waals surface area contributed by atoms with Gasteiger partial charge in [-0.3, -0.25) is 9.59 Å². The molecule has 27 heavy (non-hydrogen) atoms. The SMILES string of the molecule is CC1CCCN(C(=O)CCNC(=O)c2cccc3c4c([nH]c23)CCCC4)C1. The smallest absolute Gasteiger partial charge is 0.253 e. The van der Waals surface area contributed by atoms with Crippen molar-refractivity contribution in [3.63, 3.8) is 0 Å². The molecular formula is C22H29N3O2. The summed E-state index contributed by atoms with van der Waals surface area (Å²) in [6.45, 7) is 4.28. The number of fused-ring (bicyclic) bond motifs is 3. The lowest BCUT2D eigenvalue weighted by atomic mass is 9.95. The molecule has 1 aromatic carbocycles. The summed E-state index contributed by atoms with van der Waals surface area (Å²) in [5, 5.41) is 4.12. The number of carbonyl (C=O) groups is 2. The van der Waals surface area contributed by atoms with Crippen molar-refractivity contribution in [3.8, 4) is 0 Å². The van der Waals surface area contributed by atoms with Gasteiger partial charge < -0.3 is 15.2 Å². The Morgan fingerprint density at radius 2 is 2.07 bits per heavy atom. The van der Waals surface area contributed by atoms with E-state index in [2.05, 4.69) is 23.3 Å². The zero-order chi connectivity index (χ0) is 18.8. The first kappa shape index (κ1) is 18.1. The Kier molecular flexibility index (Phi) is 5.19. The predicted octanol–water partition coefficient (Wildman–Crippen LogP) is 3.43. The van der Waals surface area contributed by atoms with Crippen LogP contribution >= 0.6 is 0 Å². The van der Waals surface area contributed by atoms with Crippen molar-refractivity contribution in [2.75, 3.05) is 19.6 Å². The summed E-state index contributed by atoms with van der Waals surface area (Å²) in [4.78, 5) is 30.5. The third-order valence-electron chi connectivity index (χ3n) is 6.01. The van der Waals surface area contributed by atoms with Crippen molar-refractivity contribution in [2.24, 2.45) is 5.92 Å². The number of benzene rings is 1. The molecule has 2 N–H and O–H groups in total. The molecule has 1 aliphatic heterocycles. The first-order valence-corrected chi connectivity index (χ1v) is 10.3. The van der Waals surface area contributed by atoms with Gasteiger partial charge in [0, 0.05) is 37.1 Å². The second-order valence-corrected chi connectivity index (χ2v) is 8.11. The van der Waals surface area contributed by atoms with Crippen LogP contribution in [0.3, 0.4) is 0 Å². The first-order valence-electron chi connectivity index (χ1n) is 10.3. The van der Waals surface area contributed by atoms with Gasteiger partial charge in [-0.1, -0.05) is 19.1 Å². The van der Waals surface area contributed by atoms with Crippen molar-refractivity contribution >= 4 is 22.7 Å². The van der Waals surface area contributed by atoms with Crippen LogP contribution < -0.4 is 5.32 Å². The van der Waals surface area contributed by atoms with Gasteiger partial charge in [-0.25, -0.2) is 0 Å². The fourth-order valence-electron chi connectivity index (χ4n) is 4.57. The van der Waals surface area contributed by atoms with Crippen molar-refractivity contribution in [1.82, 2.24) is 15.2 Å².